The number of carboxylic acid groups (broad SMARTS) is 1. The van der Waals surface area contributed by atoms with Crippen molar-refractivity contribution in [2.75, 3.05) is 0 Å². The fourth-order valence-corrected chi connectivity index (χ4v) is 1.63. The van der Waals surface area contributed by atoms with Crippen LogP contribution in [0.2, 0.25) is 11.0 Å². The van der Waals surface area contributed by atoms with Crippen molar-refractivity contribution < 1.29 is 9.90 Å². The van der Waals surface area contributed by atoms with Crippen molar-refractivity contribution in [3.05, 3.63) is 0 Å². The second kappa shape index (κ2) is 4.69. The largest absolute Gasteiger partial charge is 0.482 e. The van der Waals surface area contributed by atoms with E-state index in [1.165, 1.54) is 0 Å². The maximum Gasteiger partial charge on any atom is 0.293 e. The van der Waals surface area contributed by atoms with E-state index in [1.54, 1.807) is 15.7 Å². The van der Waals surface area contributed by atoms with E-state index in [4.69, 9.17) is 5.11 Å². The lowest BCUT2D eigenvalue weighted by atomic mass is 9.40. The van der Waals surface area contributed by atoms with Crippen LogP contribution in [0.3, 0.4) is 0 Å². The number of rotatable bonds is 4. The second-order valence-electron chi connectivity index (χ2n) is 6.00. The number of carbonyl (C=O) groups is 1. The van der Waals surface area contributed by atoms with Gasteiger partial charge in [0.2, 0.25) is 0 Å². The quantitative estimate of drug-likeness (QED) is 0.490. The van der Waals surface area contributed by atoms with E-state index in [1.807, 2.05) is 15.7 Å². The summed E-state index contributed by atoms with van der Waals surface area (Å²) in [6, 6.07) is 0. The highest BCUT2D eigenvalue weighted by Crippen LogP contribution is 2.33. The SMILES string of the molecule is BC(NC(C)(C)C)C(B)C(B)(B)C(=O)O. The average molecular weight is 207 g/mol. The van der Waals surface area contributed by atoms with Crippen molar-refractivity contribution in [1.82, 2.24) is 5.32 Å². The predicted octanol–water partition coefficient (Wildman–Crippen LogP) is -2.78. The fourth-order valence-electron chi connectivity index (χ4n) is 1.63. The summed E-state index contributed by atoms with van der Waals surface area (Å²) in [5.41, 5.74) is 0.0161. The van der Waals surface area contributed by atoms with Gasteiger partial charge < -0.3 is 10.4 Å². The molecule has 0 aromatic rings. The van der Waals surface area contributed by atoms with Crippen LogP contribution in [-0.4, -0.2) is 53.9 Å². The molecule has 0 aromatic heterocycles. The van der Waals surface area contributed by atoms with Gasteiger partial charge in [-0.05, 0) is 26.7 Å². The molecule has 0 amide bonds. The molecule has 2 N–H and O–H groups in total. The smallest absolute Gasteiger partial charge is 0.293 e. The molecule has 0 rings (SSSR count). The lowest BCUT2D eigenvalue weighted by Gasteiger charge is -2.37. The van der Waals surface area contributed by atoms with Crippen molar-refractivity contribution >= 4 is 37.4 Å². The van der Waals surface area contributed by atoms with Gasteiger partial charge in [0.05, 0.1) is 0 Å². The number of carboxylic acids is 1. The zero-order valence-corrected chi connectivity index (χ0v) is 11.0. The van der Waals surface area contributed by atoms with Crippen LogP contribution in [0.25, 0.3) is 0 Å². The first kappa shape index (κ1) is 14.7. The molecule has 0 bridgehead atoms. The van der Waals surface area contributed by atoms with Crippen LogP contribution in [0, 0.1) is 0 Å². The van der Waals surface area contributed by atoms with Crippen LogP contribution < -0.4 is 5.32 Å². The first-order valence-corrected chi connectivity index (χ1v) is 5.49. The molecule has 0 aliphatic rings. The van der Waals surface area contributed by atoms with E-state index in [0.29, 0.717) is 0 Å². The Morgan fingerprint density at radius 2 is 1.67 bits per heavy atom. The Hall–Kier alpha value is -0.310. The Morgan fingerprint density at radius 1 is 1.27 bits per heavy atom. The van der Waals surface area contributed by atoms with Gasteiger partial charge in [0, 0.05) is 10.8 Å². The number of hydrogen-bond donors (Lipinski definition) is 2. The molecule has 0 saturated carbocycles. The zero-order valence-electron chi connectivity index (χ0n) is 11.0. The summed E-state index contributed by atoms with van der Waals surface area (Å²) in [6.07, 6.45) is 0. The van der Waals surface area contributed by atoms with Gasteiger partial charge in [0.25, 0.3) is 5.97 Å². The highest BCUT2D eigenvalue weighted by atomic mass is 16.4. The van der Waals surface area contributed by atoms with E-state index in [2.05, 4.69) is 26.1 Å². The third-order valence-electron chi connectivity index (χ3n) is 3.10. The molecule has 82 valence electrons. The number of nitrogens with one attached hydrogen (secondary N) is 1. The van der Waals surface area contributed by atoms with Gasteiger partial charge in [-0.1, -0.05) is 5.82 Å². The third kappa shape index (κ3) is 4.37. The van der Waals surface area contributed by atoms with Crippen LogP contribution in [0.5, 0.6) is 0 Å². The normalized spacial score (nSPS) is 17.0. The topological polar surface area (TPSA) is 49.3 Å². The lowest BCUT2D eigenvalue weighted by Crippen LogP contribution is -2.50. The van der Waals surface area contributed by atoms with E-state index in [0.717, 1.165) is 0 Å². The first-order valence-electron chi connectivity index (χ1n) is 5.49. The standard InChI is InChI=1S/C8H21B4NO2/c1-7(2,3)13-5(10)4(9)8(11,12)6(14)15/h4-5,13H,9-12H2,1-3H3,(H,14,15). The maximum absolute atomic E-state index is 11.1. The van der Waals surface area contributed by atoms with Crippen molar-refractivity contribution in [2.45, 2.75) is 43.3 Å². The summed E-state index contributed by atoms with van der Waals surface area (Å²) in [5.74, 6) is -0.483. The lowest BCUT2D eigenvalue weighted by molar-refractivity contribution is -0.138. The Bertz CT molecular complexity index is 239. The van der Waals surface area contributed by atoms with Crippen LogP contribution in [0.15, 0.2) is 0 Å². The minimum Gasteiger partial charge on any atom is -0.482 e. The second-order valence-corrected chi connectivity index (χ2v) is 6.00. The molecule has 0 aliphatic heterocycles. The molecule has 0 aromatic carbocycles. The molecule has 2 unspecified atom stereocenters. The van der Waals surface area contributed by atoms with E-state index >= 15 is 0 Å². The minimum atomic E-state index is -0.738. The van der Waals surface area contributed by atoms with Gasteiger partial charge in [-0.15, -0.1) is 0 Å². The molecule has 0 heterocycles. The molecule has 15 heavy (non-hydrogen) atoms. The molecule has 0 radical (unpaired) electrons. The molecule has 0 saturated heterocycles. The monoisotopic (exact) mass is 207 g/mol. The third-order valence-corrected chi connectivity index (χ3v) is 3.10. The van der Waals surface area contributed by atoms with Crippen molar-refractivity contribution in [3.63, 3.8) is 0 Å². The van der Waals surface area contributed by atoms with E-state index in [-0.39, 0.29) is 17.3 Å². The summed E-state index contributed by atoms with van der Waals surface area (Å²) in [4.78, 5) is 11.1. The average Bonchev–Trinajstić information content (AvgIpc) is 1.99. The summed E-state index contributed by atoms with van der Waals surface area (Å²) in [7, 11) is 7.58. The Morgan fingerprint density at radius 3 is 1.93 bits per heavy atom. The van der Waals surface area contributed by atoms with Crippen LogP contribution >= 0.6 is 0 Å². The van der Waals surface area contributed by atoms with Crippen LogP contribution in [-0.2, 0) is 4.79 Å². The Labute approximate surface area is 96.4 Å². The number of hydrogen-bond acceptors (Lipinski definition) is 2. The van der Waals surface area contributed by atoms with Gasteiger partial charge >= 0.3 is 0 Å². The molecule has 3 nitrogen and oxygen atoms in total. The van der Waals surface area contributed by atoms with E-state index < -0.39 is 11.2 Å². The molecule has 0 fully saturated rings. The summed E-state index contributed by atoms with van der Waals surface area (Å²) in [6.45, 7) is 6.26. The molecular weight excluding hydrogens is 185 g/mol. The van der Waals surface area contributed by atoms with Gasteiger partial charge in [-0.2, -0.15) is 0 Å². The van der Waals surface area contributed by atoms with E-state index in [9.17, 15) is 4.79 Å². The minimum absolute atomic E-state index is 0.0161. The zero-order chi connectivity index (χ0) is 12.4. The Balaban J connectivity index is 4.58. The van der Waals surface area contributed by atoms with Gasteiger partial charge in [0.1, 0.15) is 31.4 Å². The summed E-state index contributed by atoms with van der Waals surface area (Å²) in [5, 5.41) is 11.9. The molecule has 2 atom stereocenters. The predicted molar refractivity (Wildman–Crippen MR) is 74.9 cm³/mol. The van der Waals surface area contributed by atoms with Crippen LogP contribution in [0.4, 0.5) is 0 Å². The van der Waals surface area contributed by atoms with Crippen LogP contribution in [0.1, 0.15) is 20.8 Å². The van der Waals surface area contributed by atoms with Crippen molar-refractivity contribution in [3.8, 4) is 0 Å². The molecule has 7 heteroatoms. The molecular formula is C8H21B4NO2. The van der Waals surface area contributed by atoms with Crippen molar-refractivity contribution in [2.24, 2.45) is 0 Å². The summed E-state index contributed by atoms with van der Waals surface area (Å²) >= 11 is 0. The molecule has 0 aliphatic carbocycles. The Kier molecular flexibility index (Phi) is 4.59. The van der Waals surface area contributed by atoms with Gasteiger partial charge in [-0.25, -0.2) is 0 Å². The highest BCUT2D eigenvalue weighted by Gasteiger charge is 2.36. The fraction of sp³-hybridized carbons (Fsp3) is 0.875. The summed E-state index contributed by atoms with van der Waals surface area (Å²) < 4.78 is 0. The van der Waals surface area contributed by atoms with Gasteiger partial charge in [-0.3, -0.25) is 4.79 Å². The van der Waals surface area contributed by atoms with Crippen molar-refractivity contribution in [1.29, 1.82) is 0 Å². The maximum atomic E-state index is 11.1. The molecule has 0 spiro atoms. The number of aliphatic carboxylic acids is 1. The highest BCUT2D eigenvalue weighted by molar-refractivity contribution is 6.53. The van der Waals surface area contributed by atoms with Gasteiger partial charge in [0.15, 0.2) is 0 Å². The first-order chi connectivity index (χ1) is 6.48.